The third-order valence-corrected chi connectivity index (χ3v) is 15.2. The second-order valence-corrected chi connectivity index (χ2v) is 19.5. The maximum Gasteiger partial charge on any atom is 0.408 e. The van der Waals surface area contributed by atoms with E-state index in [1.807, 2.05) is 32.1 Å². The highest BCUT2D eigenvalue weighted by Gasteiger charge is 2.64. The molecule has 4 amide bonds. The van der Waals surface area contributed by atoms with E-state index < -0.39 is 73.3 Å². The van der Waals surface area contributed by atoms with Crippen molar-refractivity contribution in [3.05, 3.63) is 35.5 Å². The zero-order chi connectivity index (χ0) is 39.7. The van der Waals surface area contributed by atoms with Gasteiger partial charge >= 0.3 is 6.09 Å². The number of carbonyl (C=O) groups excluding carboxylic acids is 4. The number of rotatable bonds is 6. The number of fused-ring (bicyclic) bond motifs is 5. The molecule has 0 aromatic carbocycles. The van der Waals surface area contributed by atoms with E-state index in [9.17, 15) is 27.6 Å². The Bertz CT molecular complexity index is 2120. The van der Waals surface area contributed by atoms with Crippen molar-refractivity contribution in [1.82, 2.24) is 30.2 Å². The van der Waals surface area contributed by atoms with Gasteiger partial charge in [0.15, 0.2) is 0 Å². The van der Waals surface area contributed by atoms with Crippen LogP contribution in [0.1, 0.15) is 109 Å². The molecule has 5 atom stereocenters. The average molecular weight is 793 g/mol. The Kier molecular flexibility index (Phi) is 9.51. The Balaban J connectivity index is 1.13. The van der Waals surface area contributed by atoms with Crippen LogP contribution < -0.4 is 24.8 Å². The van der Waals surface area contributed by atoms with Crippen molar-refractivity contribution in [1.29, 1.82) is 0 Å². The quantitative estimate of drug-likeness (QED) is 0.358. The number of hydrogen-bond donors (Lipinski definition) is 3. The van der Waals surface area contributed by atoms with Gasteiger partial charge in [-0.1, -0.05) is 25.0 Å². The van der Waals surface area contributed by atoms with Crippen LogP contribution in [0.3, 0.4) is 0 Å². The van der Waals surface area contributed by atoms with Crippen molar-refractivity contribution in [2.45, 2.75) is 144 Å². The first kappa shape index (κ1) is 38.4. The summed E-state index contributed by atoms with van der Waals surface area (Å²) in [6.07, 6.45) is 11.0. The number of methoxy groups -OCH3 is 1. The first-order valence-electron chi connectivity index (χ1n) is 20.0. The van der Waals surface area contributed by atoms with Crippen LogP contribution in [-0.4, -0.2) is 94.3 Å². The molecular formula is C40H52N6O9S. The molecule has 4 fully saturated rings. The molecule has 15 nitrogen and oxygen atoms in total. The zero-order valence-electron chi connectivity index (χ0n) is 32.6. The van der Waals surface area contributed by atoms with E-state index >= 15 is 0 Å². The Morgan fingerprint density at radius 2 is 1.80 bits per heavy atom. The van der Waals surface area contributed by atoms with Crippen LogP contribution in [0.5, 0.6) is 11.6 Å². The largest absolute Gasteiger partial charge is 0.483 e. The summed E-state index contributed by atoms with van der Waals surface area (Å²) in [5, 5.41) is 5.80. The molecule has 3 aliphatic carbocycles. The summed E-state index contributed by atoms with van der Waals surface area (Å²) in [6.45, 7) is 5.36. The van der Waals surface area contributed by atoms with Gasteiger partial charge in [0.05, 0.1) is 35.1 Å². The molecule has 302 valence electrons. The van der Waals surface area contributed by atoms with Crippen LogP contribution >= 0.6 is 0 Å². The summed E-state index contributed by atoms with van der Waals surface area (Å²) >= 11 is 0. The maximum atomic E-state index is 14.8. The smallest absolute Gasteiger partial charge is 0.408 e. The van der Waals surface area contributed by atoms with Crippen LogP contribution in [-0.2, 0) is 35.6 Å². The molecule has 3 N–H and O–H groups in total. The van der Waals surface area contributed by atoms with Gasteiger partial charge in [0.2, 0.25) is 27.7 Å². The van der Waals surface area contributed by atoms with Crippen molar-refractivity contribution in [2.24, 2.45) is 5.92 Å². The van der Waals surface area contributed by atoms with Crippen LogP contribution in [0.2, 0.25) is 0 Å². The summed E-state index contributed by atoms with van der Waals surface area (Å²) in [7, 11) is -2.45. The highest BCUT2D eigenvalue weighted by Crippen LogP contribution is 2.49. The number of pyridine rings is 2. The van der Waals surface area contributed by atoms with Crippen LogP contribution in [0, 0.1) is 12.8 Å². The van der Waals surface area contributed by atoms with E-state index in [2.05, 4.69) is 20.3 Å². The summed E-state index contributed by atoms with van der Waals surface area (Å²) < 4.78 is 45.7. The predicted molar refractivity (Wildman–Crippen MR) is 204 cm³/mol. The predicted octanol–water partition coefficient (Wildman–Crippen LogP) is 4.04. The van der Waals surface area contributed by atoms with Crippen molar-refractivity contribution in [2.75, 3.05) is 13.7 Å². The summed E-state index contributed by atoms with van der Waals surface area (Å²) in [5.41, 5.74) is -0.265. The first-order chi connectivity index (χ1) is 26.6. The van der Waals surface area contributed by atoms with Crippen LogP contribution in [0.4, 0.5) is 4.79 Å². The van der Waals surface area contributed by atoms with Gasteiger partial charge in [-0.25, -0.2) is 23.2 Å². The molecule has 1 saturated heterocycles. The molecule has 0 unspecified atom stereocenters. The van der Waals surface area contributed by atoms with Gasteiger partial charge in [-0.3, -0.25) is 19.1 Å². The number of alkyl carbamates (subject to hydrolysis) is 1. The molecule has 8 rings (SSSR count). The average Bonchev–Trinajstić information content (AvgIpc) is 4.04. The fourth-order valence-corrected chi connectivity index (χ4v) is 10.1. The van der Waals surface area contributed by atoms with Gasteiger partial charge in [0.1, 0.15) is 34.6 Å². The van der Waals surface area contributed by atoms with Gasteiger partial charge in [0.25, 0.3) is 5.91 Å². The molecule has 2 aromatic rings. The molecule has 3 saturated carbocycles. The molecule has 0 bridgehead atoms. The number of aryl methyl sites for hydroxylation is 2. The number of amides is 4. The minimum atomic E-state index is -3.99. The number of aromatic nitrogens is 2. The Hall–Kier alpha value is -4.47. The second kappa shape index (κ2) is 13.9. The number of hydrogen-bond acceptors (Lipinski definition) is 11. The Labute approximate surface area is 327 Å². The minimum absolute atomic E-state index is 0.0343. The van der Waals surface area contributed by atoms with Crippen molar-refractivity contribution in [3.8, 4) is 11.6 Å². The molecule has 1 spiro atoms. The van der Waals surface area contributed by atoms with Crippen molar-refractivity contribution < 1.29 is 41.8 Å². The normalized spacial score (nSPS) is 31.1. The number of nitrogens with one attached hydrogen (secondary N) is 3. The topological polar surface area (TPSA) is 195 Å². The lowest BCUT2D eigenvalue weighted by atomic mass is 9.82. The highest BCUT2D eigenvalue weighted by molar-refractivity contribution is 7.91. The van der Waals surface area contributed by atoms with Gasteiger partial charge in [-0.05, 0) is 97.5 Å². The number of allylic oxidation sites excluding steroid dienone is 1. The molecule has 5 heterocycles. The number of carbonyl (C=O) groups is 4. The number of sulfonamides is 1. The van der Waals surface area contributed by atoms with E-state index in [0.717, 1.165) is 37.7 Å². The summed E-state index contributed by atoms with van der Waals surface area (Å²) in [6, 6.07) is 1.52. The van der Waals surface area contributed by atoms with E-state index in [0.29, 0.717) is 73.3 Å². The molecule has 2 aromatic heterocycles. The minimum Gasteiger partial charge on any atom is -0.483 e. The van der Waals surface area contributed by atoms with Crippen LogP contribution in [0.15, 0.2) is 24.3 Å². The standard InChI is InChI=1S/C40H52N6O9S/c1-24-32-26(31-27(41-24)13-14-30(43-31)53-4)15-18-39(54-32)22-29-33(47)44-40(35(49)45-56(51,52)38(3)19-20-38)21-25(40)11-8-6-5-7-9-12-28(34(48)46(29)23-39)42-36(50)55-37(2)16-10-17-37/h8,11,13-14,25,28-29H,5-7,9-10,12,15-23H2,1-4H3,(H,42,50)(H,44,47)(H,45,49)/b11-8-/t25-,28+,29+,39-,40-/m1/s1. The van der Waals surface area contributed by atoms with E-state index in [1.165, 1.54) is 4.90 Å². The van der Waals surface area contributed by atoms with E-state index in [-0.39, 0.29) is 19.4 Å². The highest BCUT2D eigenvalue weighted by atomic mass is 32.2. The lowest BCUT2D eigenvalue weighted by molar-refractivity contribution is -0.141. The van der Waals surface area contributed by atoms with Gasteiger partial charge in [-0.2, -0.15) is 0 Å². The molecule has 0 radical (unpaired) electrons. The molecule has 16 heteroatoms. The third-order valence-electron chi connectivity index (χ3n) is 13.0. The third kappa shape index (κ3) is 6.95. The maximum absolute atomic E-state index is 14.8. The Morgan fingerprint density at radius 3 is 2.52 bits per heavy atom. The number of ether oxygens (including phenoxy) is 3. The van der Waals surface area contributed by atoms with Crippen molar-refractivity contribution in [3.63, 3.8) is 0 Å². The lowest BCUT2D eigenvalue weighted by Crippen LogP contribution is -2.59. The van der Waals surface area contributed by atoms with E-state index in [1.54, 1.807) is 20.1 Å². The lowest BCUT2D eigenvalue weighted by Gasteiger charge is -2.38. The monoisotopic (exact) mass is 792 g/mol. The molecular weight excluding hydrogens is 741 g/mol. The fraction of sp³-hybridized carbons (Fsp3) is 0.650. The van der Waals surface area contributed by atoms with Crippen molar-refractivity contribution >= 4 is 44.9 Å². The van der Waals surface area contributed by atoms with Gasteiger partial charge in [-0.15, -0.1) is 0 Å². The fourth-order valence-electron chi connectivity index (χ4n) is 8.82. The SMILES string of the molecule is COc1ccc2nc(C)c3c(c2n1)CC[C@]1(C[C@H]2C(=O)N[C@]4(C(=O)NS(=O)(=O)C5(C)CC5)C[C@H]4/C=C\CCCCC[C@H](NC(=O)OC4(C)CCC4)C(=O)N2C1)O3. The van der Waals surface area contributed by atoms with Gasteiger partial charge < -0.3 is 29.7 Å². The molecule has 56 heavy (non-hydrogen) atoms. The number of nitrogens with zero attached hydrogens (tertiary/aromatic N) is 3. The Morgan fingerprint density at radius 1 is 1.02 bits per heavy atom. The van der Waals surface area contributed by atoms with Crippen LogP contribution in [0.25, 0.3) is 11.0 Å². The molecule has 3 aliphatic heterocycles. The van der Waals surface area contributed by atoms with Gasteiger partial charge in [0, 0.05) is 24.0 Å². The second-order valence-electron chi connectivity index (χ2n) is 17.3. The zero-order valence-corrected chi connectivity index (χ0v) is 33.4. The van der Waals surface area contributed by atoms with E-state index in [4.69, 9.17) is 19.2 Å². The first-order valence-corrected chi connectivity index (χ1v) is 21.5. The molecule has 6 aliphatic rings. The summed E-state index contributed by atoms with van der Waals surface area (Å²) in [5.74, 6) is -1.28. The summed E-state index contributed by atoms with van der Waals surface area (Å²) in [4.78, 5) is 67.6.